The van der Waals surface area contributed by atoms with Crippen molar-refractivity contribution in [2.24, 2.45) is 5.73 Å². The molecule has 1 unspecified atom stereocenters. The third-order valence-electron chi connectivity index (χ3n) is 4.60. The number of benzene rings is 3. The second-order valence-electron chi connectivity index (χ2n) is 6.75. The highest BCUT2D eigenvalue weighted by Crippen LogP contribution is 2.32. The second-order valence-corrected chi connectivity index (χ2v) is 6.75. The summed E-state index contributed by atoms with van der Waals surface area (Å²) in [5.41, 5.74) is 8.23. The lowest BCUT2D eigenvalue weighted by Gasteiger charge is -2.19. The number of carbonyl (C=O) groups is 1. The summed E-state index contributed by atoms with van der Waals surface area (Å²) in [5.74, 6) is 0.277. The normalized spacial score (nSPS) is 12.2. The van der Waals surface area contributed by atoms with Crippen LogP contribution >= 0.6 is 12.4 Å². The van der Waals surface area contributed by atoms with Gasteiger partial charge in [-0.1, -0.05) is 66.7 Å². The minimum Gasteiger partial charge on any atom is -0.485 e. The molecule has 0 aliphatic heterocycles. The molecular weight excluding hydrogens is 418 g/mol. The molecule has 2 atom stereocenters. The minimum absolute atomic E-state index is 0. The Morgan fingerprint density at radius 3 is 1.90 bits per heavy atom. The van der Waals surface area contributed by atoms with E-state index in [9.17, 15) is 9.90 Å². The van der Waals surface area contributed by atoms with Crippen molar-refractivity contribution in [1.82, 2.24) is 0 Å². The van der Waals surface area contributed by atoms with Crippen molar-refractivity contribution in [2.75, 3.05) is 7.11 Å². The van der Waals surface area contributed by atoms with Crippen LogP contribution in [0.15, 0.2) is 78.9 Å². The van der Waals surface area contributed by atoms with Gasteiger partial charge in [0.25, 0.3) is 0 Å². The Labute approximate surface area is 188 Å². The molecule has 0 spiro atoms. The van der Waals surface area contributed by atoms with Gasteiger partial charge in [0.15, 0.2) is 11.5 Å². The van der Waals surface area contributed by atoms with Gasteiger partial charge in [-0.3, -0.25) is 4.79 Å². The minimum atomic E-state index is -1.24. The molecule has 0 aliphatic carbocycles. The van der Waals surface area contributed by atoms with Gasteiger partial charge >= 0.3 is 5.97 Å². The second kappa shape index (κ2) is 12.0. The number of ether oxygens (including phenoxy) is 3. The maximum absolute atomic E-state index is 11.7. The third kappa shape index (κ3) is 6.72. The summed E-state index contributed by atoms with van der Waals surface area (Å²) < 4.78 is 16.5. The summed E-state index contributed by atoms with van der Waals surface area (Å²) in [6.45, 7) is 0.692. The van der Waals surface area contributed by atoms with Crippen molar-refractivity contribution in [3.63, 3.8) is 0 Å². The summed E-state index contributed by atoms with van der Waals surface area (Å²) in [7, 11) is 1.23. The van der Waals surface area contributed by atoms with E-state index in [-0.39, 0.29) is 12.4 Å². The van der Waals surface area contributed by atoms with E-state index < -0.39 is 18.1 Å². The molecule has 0 bridgehead atoms. The largest absolute Gasteiger partial charge is 0.485 e. The van der Waals surface area contributed by atoms with Crippen LogP contribution in [-0.2, 0) is 22.7 Å². The standard InChI is InChI=1S/C24H25NO5.ClH/c1-28-24(27)22(25)23(26)19-12-13-20(29-15-17-8-4-2-5-9-17)21(14-19)30-16-18-10-6-3-7-11-18;/h2-14,22-23,26H,15-16,25H2,1H3;1H/t22-,23?;/m0./s1. The number of rotatable bonds is 9. The summed E-state index contributed by atoms with van der Waals surface area (Å²) in [6, 6.07) is 23.3. The number of nitrogens with two attached hydrogens (primary N) is 1. The molecule has 0 saturated carbocycles. The maximum atomic E-state index is 11.7. The number of aliphatic hydroxyl groups excluding tert-OH is 1. The average Bonchev–Trinajstić information content (AvgIpc) is 2.81. The van der Waals surface area contributed by atoms with E-state index >= 15 is 0 Å². The first-order valence-electron chi connectivity index (χ1n) is 9.57. The van der Waals surface area contributed by atoms with Gasteiger partial charge in [-0.05, 0) is 28.8 Å². The summed E-state index contributed by atoms with van der Waals surface area (Å²) >= 11 is 0. The van der Waals surface area contributed by atoms with Crippen LogP contribution in [0.1, 0.15) is 22.8 Å². The predicted octanol–water partition coefficient (Wildman–Crippen LogP) is 3.80. The van der Waals surface area contributed by atoms with Gasteiger partial charge in [0.05, 0.1) is 7.11 Å². The Balaban J connectivity index is 0.00000341. The Kier molecular flexibility index (Phi) is 9.34. The van der Waals surface area contributed by atoms with Crippen molar-refractivity contribution < 1.29 is 24.1 Å². The van der Waals surface area contributed by atoms with Gasteiger partial charge in [0.2, 0.25) is 0 Å². The Bertz CT molecular complexity index is 953. The molecule has 31 heavy (non-hydrogen) atoms. The fourth-order valence-electron chi connectivity index (χ4n) is 2.88. The number of methoxy groups -OCH3 is 1. The van der Waals surface area contributed by atoms with E-state index in [4.69, 9.17) is 15.2 Å². The summed E-state index contributed by atoms with van der Waals surface area (Å²) in [4.78, 5) is 11.7. The number of hydrogen-bond donors (Lipinski definition) is 2. The van der Waals surface area contributed by atoms with Crippen molar-refractivity contribution in [2.45, 2.75) is 25.4 Å². The molecule has 0 aromatic heterocycles. The van der Waals surface area contributed by atoms with Crippen LogP contribution in [0.2, 0.25) is 0 Å². The van der Waals surface area contributed by atoms with E-state index in [0.717, 1.165) is 11.1 Å². The molecule has 0 heterocycles. The van der Waals surface area contributed by atoms with Crippen LogP contribution in [-0.4, -0.2) is 24.2 Å². The van der Waals surface area contributed by atoms with Gasteiger partial charge in [0, 0.05) is 0 Å². The van der Waals surface area contributed by atoms with Crippen LogP contribution in [0, 0.1) is 0 Å². The van der Waals surface area contributed by atoms with Crippen LogP contribution in [0.25, 0.3) is 0 Å². The monoisotopic (exact) mass is 443 g/mol. The maximum Gasteiger partial charge on any atom is 0.325 e. The SMILES string of the molecule is COC(=O)[C@@H](N)C(O)c1ccc(OCc2ccccc2)c(OCc2ccccc2)c1.Cl. The van der Waals surface area contributed by atoms with E-state index in [0.29, 0.717) is 30.3 Å². The van der Waals surface area contributed by atoms with Gasteiger partial charge < -0.3 is 25.1 Å². The first kappa shape index (κ1) is 24.2. The lowest BCUT2D eigenvalue weighted by molar-refractivity contribution is -0.145. The highest BCUT2D eigenvalue weighted by molar-refractivity contribution is 5.85. The fourth-order valence-corrected chi connectivity index (χ4v) is 2.88. The van der Waals surface area contributed by atoms with Crippen LogP contribution in [0.4, 0.5) is 0 Å². The number of carbonyl (C=O) groups excluding carboxylic acids is 1. The van der Waals surface area contributed by atoms with Gasteiger partial charge in [-0.2, -0.15) is 0 Å². The highest BCUT2D eigenvalue weighted by atomic mass is 35.5. The molecule has 0 aliphatic rings. The van der Waals surface area contributed by atoms with Crippen LogP contribution in [0.3, 0.4) is 0 Å². The summed E-state index contributed by atoms with van der Waals surface area (Å²) in [5, 5.41) is 10.5. The van der Waals surface area contributed by atoms with Crippen molar-refractivity contribution >= 4 is 18.4 Å². The Morgan fingerprint density at radius 1 is 0.871 bits per heavy atom. The number of halogens is 1. The zero-order valence-corrected chi connectivity index (χ0v) is 18.0. The smallest absolute Gasteiger partial charge is 0.325 e. The molecule has 3 N–H and O–H groups in total. The molecule has 0 fully saturated rings. The Hall–Kier alpha value is -3.06. The van der Waals surface area contributed by atoms with Crippen LogP contribution < -0.4 is 15.2 Å². The predicted molar refractivity (Wildman–Crippen MR) is 120 cm³/mol. The molecule has 0 radical (unpaired) electrons. The summed E-state index contributed by atoms with van der Waals surface area (Å²) in [6.07, 6.45) is -1.24. The van der Waals surface area contributed by atoms with Crippen molar-refractivity contribution in [3.8, 4) is 11.5 Å². The van der Waals surface area contributed by atoms with E-state index in [1.165, 1.54) is 7.11 Å². The topological polar surface area (TPSA) is 91.0 Å². The average molecular weight is 444 g/mol. The highest BCUT2D eigenvalue weighted by Gasteiger charge is 2.26. The number of aliphatic hydroxyl groups is 1. The van der Waals surface area contributed by atoms with Gasteiger partial charge in [-0.25, -0.2) is 0 Å². The molecule has 3 rings (SSSR count). The first-order valence-corrected chi connectivity index (χ1v) is 9.57. The van der Waals surface area contributed by atoms with E-state index in [1.807, 2.05) is 60.7 Å². The molecule has 7 heteroatoms. The van der Waals surface area contributed by atoms with Crippen molar-refractivity contribution in [1.29, 1.82) is 0 Å². The lowest BCUT2D eigenvalue weighted by atomic mass is 10.0. The molecule has 0 saturated heterocycles. The number of hydrogen-bond acceptors (Lipinski definition) is 6. The molecule has 164 valence electrons. The molecular formula is C24H26ClNO5. The van der Waals surface area contributed by atoms with E-state index in [1.54, 1.807) is 18.2 Å². The molecule has 3 aromatic rings. The molecule has 0 amide bonds. The number of esters is 1. The molecule has 3 aromatic carbocycles. The Morgan fingerprint density at radius 2 is 1.39 bits per heavy atom. The van der Waals surface area contributed by atoms with Crippen LogP contribution in [0.5, 0.6) is 11.5 Å². The third-order valence-corrected chi connectivity index (χ3v) is 4.60. The quantitative estimate of drug-likeness (QED) is 0.489. The van der Waals surface area contributed by atoms with Gasteiger partial charge in [0.1, 0.15) is 25.4 Å². The first-order chi connectivity index (χ1) is 14.6. The van der Waals surface area contributed by atoms with E-state index in [2.05, 4.69) is 4.74 Å². The fraction of sp³-hybridized carbons (Fsp3) is 0.208. The van der Waals surface area contributed by atoms with Gasteiger partial charge in [-0.15, -0.1) is 12.4 Å². The molecule has 6 nitrogen and oxygen atoms in total. The van der Waals surface area contributed by atoms with Crippen molar-refractivity contribution in [3.05, 3.63) is 95.6 Å². The lowest BCUT2D eigenvalue weighted by Crippen LogP contribution is -2.37. The zero-order valence-electron chi connectivity index (χ0n) is 17.1. The zero-order chi connectivity index (χ0) is 21.3.